The number of carbonyl (C=O) groups excluding carboxylic acids is 2. The lowest BCUT2D eigenvalue weighted by Gasteiger charge is -2.33. The predicted molar refractivity (Wildman–Crippen MR) is 149 cm³/mol. The van der Waals surface area contributed by atoms with Crippen molar-refractivity contribution in [2.24, 2.45) is 35.3 Å². The Labute approximate surface area is 229 Å². The number of hydrogen-bond acceptors (Lipinski definition) is 7. The van der Waals surface area contributed by atoms with Gasteiger partial charge in [-0.05, 0) is 32.1 Å². The van der Waals surface area contributed by atoms with Crippen molar-refractivity contribution in [1.82, 2.24) is 0 Å². The molecule has 0 aromatic rings. The summed E-state index contributed by atoms with van der Waals surface area (Å²) < 4.78 is 10.5. The summed E-state index contributed by atoms with van der Waals surface area (Å²) in [6.07, 6.45) is 8.57. The molecule has 0 aromatic heterocycles. The minimum absolute atomic E-state index is 0.0904. The maximum atomic E-state index is 11.5. The van der Waals surface area contributed by atoms with Crippen LogP contribution < -0.4 is 5.73 Å². The average Bonchev–Trinajstić information content (AvgIpc) is 3.26. The van der Waals surface area contributed by atoms with Gasteiger partial charge in [-0.25, -0.2) is 4.79 Å². The molecule has 0 bridgehead atoms. The van der Waals surface area contributed by atoms with Crippen LogP contribution in [0.4, 0.5) is 4.79 Å². The number of nitrogens with two attached hydrogens (primary N) is 1. The number of esters is 1. The average molecular weight is 538 g/mol. The summed E-state index contributed by atoms with van der Waals surface area (Å²) in [5.74, 6) is -1.08. The third-order valence-electron chi connectivity index (χ3n) is 7.46. The lowest BCUT2D eigenvalue weighted by atomic mass is 9.81. The number of carbonyl (C=O) groups is 2. The van der Waals surface area contributed by atoms with Gasteiger partial charge in [0.05, 0.1) is 18.3 Å². The molecule has 8 heteroatoms. The number of amides is 1. The first kappa shape index (κ1) is 33.9. The van der Waals surface area contributed by atoms with Crippen molar-refractivity contribution in [3.8, 4) is 0 Å². The molecule has 0 aliphatic carbocycles. The largest absolute Gasteiger partial charge is 0.462 e. The van der Waals surface area contributed by atoms with Gasteiger partial charge in [0.15, 0.2) is 0 Å². The van der Waals surface area contributed by atoms with Crippen LogP contribution in [0, 0.1) is 29.6 Å². The van der Waals surface area contributed by atoms with Gasteiger partial charge < -0.3 is 30.5 Å². The molecule has 1 aliphatic heterocycles. The molecule has 0 spiro atoms. The molecule has 5 N–H and O–H groups in total. The molecular weight excluding hydrogens is 486 g/mol. The number of hydrogen-bond donors (Lipinski definition) is 4. The molecule has 1 heterocycles. The highest BCUT2D eigenvalue weighted by Crippen LogP contribution is 2.29. The summed E-state index contributed by atoms with van der Waals surface area (Å²) in [7, 11) is 0. The lowest BCUT2D eigenvalue weighted by molar-refractivity contribution is -0.142. The summed E-state index contributed by atoms with van der Waals surface area (Å²) in [6.45, 7) is 13.6. The van der Waals surface area contributed by atoms with E-state index in [1.54, 1.807) is 12.2 Å². The van der Waals surface area contributed by atoms with Gasteiger partial charge in [-0.1, -0.05) is 77.5 Å². The number of aliphatic hydroxyl groups is 3. The van der Waals surface area contributed by atoms with Crippen molar-refractivity contribution < 1.29 is 34.4 Å². The van der Waals surface area contributed by atoms with Crippen LogP contribution in [0.3, 0.4) is 0 Å². The zero-order valence-electron chi connectivity index (χ0n) is 24.2. The van der Waals surface area contributed by atoms with Crippen molar-refractivity contribution in [3.05, 3.63) is 36.0 Å². The molecule has 4 unspecified atom stereocenters. The fraction of sp³-hybridized carbons (Fsp3) is 0.733. The summed E-state index contributed by atoms with van der Waals surface area (Å²) >= 11 is 0. The van der Waals surface area contributed by atoms with Crippen molar-refractivity contribution >= 4 is 12.1 Å². The van der Waals surface area contributed by atoms with Crippen LogP contribution in [0.25, 0.3) is 0 Å². The third-order valence-corrected chi connectivity index (χ3v) is 7.46. The monoisotopic (exact) mass is 537 g/mol. The zero-order chi connectivity index (χ0) is 29.0. The molecule has 1 rings (SSSR count). The lowest BCUT2D eigenvalue weighted by Crippen LogP contribution is -2.41. The second-order valence-corrected chi connectivity index (χ2v) is 11.2. The van der Waals surface area contributed by atoms with Gasteiger partial charge in [-0.3, -0.25) is 4.79 Å². The van der Waals surface area contributed by atoms with Crippen molar-refractivity contribution in [1.29, 1.82) is 0 Å². The smallest absolute Gasteiger partial charge is 0.404 e. The molecule has 38 heavy (non-hydrogen) atoms. The molecule has 1 aliphatic rings. The number of cyclic esters (lactones) is 1. The Morgan fingerprint density at radius 3 is 2.26 bits per heavy atom. The first-order valence-electron chi connectivity index (χ1n) is 14.0. The van der Waals surface area contributed by atoms with Gasteiger partial charge in [-0.15, -0.1) is 0 Å². The molecule has 0 radical (unpaired) electrons. The maximum Gasteiger partial charge on any atom is 0.404 e. The Kier molecular flexibility index (Phi) is 14.9. The van der Waals surface area contributed by atoms with E-state index < -0.39 is 30.5 Å². The minimum Gasteiger partial charge on any atom is -0.462 e. The molecule has 1 saturated heterocycles. The van der Waals surface area contributed by atoms with Crippen LogP contribution in [-0.4, -0.2) is 57.9 Å². The zero-order valence-corrected chi connectivity index (χ0v) is 24.2. The van der Waals surface area contributed by atoms with Crippen LogP contribution in [0.15, 0.2) is 36.0 Å². The maximum absolute atomic E-state index is 11.5. The van der Waals surface area contributed by atoms with Gasteiger partial charge in [0.25, 0.3) is 0 Å². The highest BCUT2D eigenvalue weighted by molar-refractivity contribution is 5.71. The fourth-order valence-corrected chi connectivity index (χ4v) is 5.24. The van der Waals surface area contributed by atoms with E-state index in [9.17, 15) is 24.9 Å². The normalized spacial score (nSPS) is 23.9. The second kappa shape index (κ2) is 16.7. The summed E-state index contributed by atoms with van der Waals surface area (Å²) in [5.41, 5.74) is 6.35. The summed E-state index contributed by atoms with van der Waals surface area (Å²) in [5, 5.41) is 32.1. The molecule has 8 nitrogen and oxygen atoms in total. The Hall–Kier alpha value is -2.16. The number of primary amides is 1. The van der Waals surface area contributed by atoms with Gasteiger partial charge >= 0.3 is 12.1 Å². The van der Waals surface area contributed by atoms with E-state index in [1.807, 2.05) is 66.7 Å². The van der Waals surface area contributed by atoms with Gasteiger partial charge in [0.1, 0.15) is 12.2 Å². The molecule has 0 aromatic carbocycles. The van der Waals surface area contributed by atoms with Crippen molar-refractivity contribution in [2.45, 2.75) is 111 Å². The van der Waals surface area contributed by atoms with E-state index in [0.29, 0.717) is 25.7 Å². The Morgan fingerprint density at radius 2 is 1.71 bits per heavy atom. The van der Waals surface area contributed by atoms with Crippen LogP contribution in [0.2, 0.25) is 0 Å². The summed E-state index contributed by atoms with van der Waals surface area (Å²) in [6, 6.07) is 0. The molecule has 218 valence electrons. The third kappa shape index (κ3) is 11.7. The van der Waals surface area contributed by atoms with E-state index in [0.717, 1.165) is 12.0 Å². The quantitative estimate of drug-likeness (QED) is 0.166. The predicted octanol–water partition coefficient (Wildman–Crippen LogP) is 4.67. The Bertz CT molecular complexity index is 823. The first-order chi connectivity index (χ1) is 17.8. The van der Waals surface area contributed by atoms with Crippen LogP contribution in [-0.2, 0) is 14.3 Å². The minimum atomic E-state index is -0.852. The van der Waals surface area contributed by atoms with Gasteiger partial charge in [-0.2, -0.15) is 0 Å². The summed E-state index contributed by atoms with van der Waals surface area (Å²) in [4.78, 5) is 22.7. The van der Waals surface area contributed by atoms with E-state index in [1.165, 1.54) is 0 Å². The molecular formula is C30H51NO7. The van der Waals surface area contributed by atoms with Crippen LogP contribution in [0.5, 0.6) is 0 Å². The van der Waals surface area contributed by atoms with Crippen LogP contribution >= 0.6 is 0 Å². The number of allylic oxidation sites excluding steroid dienone is 2. The highest BCUT2D eigenvalue weighted by Gasteiger charge is 2.33. The van der Waals surface area contributed by atoms with E-state index in [-0.39, 0.29) is 41.7 Å². The number of ether oxygens (including phenoxy) is 2. The van der Waals surface area contributed by atoms with Gasteiger partial charge in [0.2, 0.25) is 0 Å². The molecule has 1 fully saturated rings. The fourth-order valence-electron chi connectivity index (χ4n) is 5.24. The van der Waals surface area contributed by atoms with Crippen LogP contribution in [0.1, 0.15) is 80.6 Å². The number of aliphatic hydroxyl groups excluding tert-OH is 3. The van der Waals surface area contributed by atoms with E-state index in [2.05, 4.69) is 0 Å². The van der Waals surface area contributed by atoms with Gasteiger partial charge in [0, 0.05) is 36.5 Å². The van der Waals surface area contributed by atoms with E-state index in [4.69, 9.17) is 15.2 Å². The second-order valence-electron chi connectivity index (χ2n) is 11.2. The van der Waals surface area contributed by atoms with Crippen molar-refractivity contribution in [3.63, 3.8) is 0 Å². The van der Waals surface area contributed by atoms with Crippen molar-refractivity contribution in [2.75, 3.05) is 0 Å². The molecule has 1 amide bonds. The standard InChI is InChI=1S/C30H51NO7/c1-8-9-10-20(4)29(38-30(31)36)23(7)28(35)22(6)16-18(2)15-21(5)27(34)19(3)11-12-24(32)17-25-13-14-26(33)37-25/h9-12,15,19-25,27-29,32,34-35H,8,13-14,16-17H2,1-7H3,(H2,31,36)/b10-9-,12-11-,18-15-/t19?,20?,21-,22-,23-,24?,25?,27-,28+,29-/m0/s1. The molecule has 0 saturated carbocycles. The first-order valence-corrected chi connectivity index (χ1v) is 14.0. The number of rotatable bonds is 16. The highest BCUT2D eigenvalue weighted by atomic mass is 16.6. The topological polar surface area (TPSA) is 139 Å². The Morgan fingerprint density at radius 1 is 1.05 bits per heavy atom. The SMILES string of the molecule is CC/C=C\C(C)[C@H](OC(N)=O)[C@@H](C)[C@H](O)[C@@H](C)C/C(C)=C\[C@H](C)[C@@H](O)C(C)/C=C\C(O)CC1CCC(=O)O1. The van der Waals surface area contributed by atoms with E-state index >= 15 is 0 Å². The Balaban J connectivity index is 2.70. The molecule has 10 atom stereocenters.